The number of hydrogen-bond acceptors (Lipinski definition) is 2. The highest BCUT2D eigenvalue weighted by Gasteiger charge is 2.15. The van der Waals surface area contributed by atoms with E-state index in [2.05, 4.69) is 0 Å². The van der Waals surface area contributed by atoms with Crippen LogP contribution in [0.3, 0.4) is 0 Å². The quantitative estimate of drug-likeness (QED) is 0.797. The predicted molar refractivity (Wildman–Crippen MR) is 63.1 cm³/mol. The first kappa shape index (κ1) is 11.3. The topological polar surface area (TPSA) is 18.5 Å². The van der Waals surface area contributed by atoms with Crippen molar-refractivity contribution in [2.45, 2.75) is 19.1 Å². The van der Waals surface area contributed by atoms with Crippen LogP contribution < -0.4 is 0 Å². The number of aryl methyl sites for hydroxylation is 1. The van der Waals surface area contributed by atoms with E-state index in [9.17, 15) is 4.39 Å². The molecule has 0 aliphatic carbocycles. The van der Waals surface area contributed by atoms with Gasteiger partial charge in [0.1, 0.15) is 5.82 Å². The monoisotopic (exact) mass is 322 g/mol. The van der Waals surface area contributed by atoms with E-state index in [0.717, 1.165) is 18.4 Å². The van der Waals surface area contributed by atoms with Crippen molar-refractivity contribution in [3.05, 3.63) is 33.1 Å². The smallest absolute Gasteiger partial charge is 0.158 e. The van der Waals surface area contributed by atoms with Gasteiger partial charge in [0.05, 0.1) is 13.2 Å². The van der Waals surface area contributed by atoms with E-state index < -0.39 is 0 Å². The summed E-state index contributed by atoms with van der Waals surface area (Å²) in [5.74, 6) is -0.152. The van der Waals surface area contributed by atoms with Crippen LogP contribution in [0.1, 0.15) is 12.0 Å². The zero-order chi connectivity index (χ0) is 10.7. The molecule has 0 unspecified atom stereocenters. The number of ether oxygens (including phenoxy) is 2. The number of hydrogen-bond donors (Lipinski definition) is 0. The maximum atomic E-state index is 13.2. The van der Waals surface area contributed by atoms with Crippen LogP contribution in [0.5, 0.6) is 0 Å². The molecule has 1 aromatic rings. The molecule has 1 heterocycles. The molecule has 0 N–H and O–H groups in total. The van der Waals surface area contributed by atoms with Crippen molar-refractivity contribution in [2.75, 3.05) is 13.2 Å². The van der Waals surface area contributed by atoms with Gasteiger partial charge in [0.25, 0.3) is 0 Å². The molecule has 0 radical (unpaired) electrons. The average Bonchev–Trinajstić information content (AvgIpc) is 2.73. The summed E-state index contributed by atoms with van der Waals surface area (Å²) in [6.07, 6.45) is 1.48. The second-order valence-electron chi connectivity index (χ2n) is 3.46. The molecule has 1 aliphatic rings. The fourth-order valence-corrected chi connectivity index (χ4v) is 1.89. The van der Waals surface area contributed by atoms with Gasteiger partial charge < -0.3 is 9.47 Å². The summed E-state index contributed by atoms with van der Waals surface area (Å²) >= 11 is 1.98. The third kappa shape index (κ3) is 3.12. The Kier molecular flexibility index (Phi) is 3.93. The Morgan fingerprint density at radius 1 is 1.33 bits per heavy atom. The van der Waals surface area contributed by atoms with E-state index in [0.29, 0.717) is 16.8 Å². The zero-order valence-corrected chi connectivity index (χ0v) is 10.4. The van der Waals surface area contributed by atoms with Gasteiger partial charge in [-0.15, -0.1) is 0 Å². The second-order valence-corrected chi connectivity index (χ2v) is 4.62. The third-order valence-electron chi connectivity index (χ3n) is 2.34. The maximum Gasteiger partial charge on any atom is 0.158 e. The normalized spacial score (nSPS) is 17.2. The van der Waals surface area contributed by atoms with Crippen molar-refractivity contribution < 1.29 is 13.9 Å². The van der Waals surface area contributed by atoms with Gasteiger partial charge in [-0.05, 0) is 46.7 Å². The maximum absolute atomic E-state index is 13.2. The summed E-state index contributed by atoms with van der Waals surface area (Å²) in [7, 11) is 0. The molecule has 0 aromatic heterocycles. The van der Waals surface area contributed by atoms with Crippen LogP contribution in [-0.2, 0) is 15.9 Å². The standard InChI is InChI=1S/C11H12FIO2/c12-9-7-8(1-3-10(9)13)2-4-11-14-5-6-15-11/h1,3,7,11H,2,4-6H2. The third-order valence-corrected chi connectivity index (χ3v) is 3.22. The summed E-state index contributed by atoms with van der Waals surface area (Å²) in [5.41, 5.74) is 0.993. The number of rotatable bonds is 3. The lowest BCUT2D eigenvalue weighted by atomic mass is 10.1. The lowest BCUT2D eigenvalue weighted by molar-refractivity contribution is -0.0462. The summed E-state index contributed by atoms with van der Waals surface area (Å²) in [4.78, 5) is 0. The highest BCUT2D eigenvalue weighted by atomic mass is 127. The summed E-state index contributed by atoms with van der Waals surface area (Å²) in [5, 5.41) is 0. The Balaban J connectivity index is 1.90. The first-order valence-corrected chi connectivity index (χ1v) is 6.01. The predicted octanol–water partition coefficient (Wildman–Crippen LogP) is 2.74. The van der Waals surface area contributed by atoms with Crippen molar-refractivity contribution >= 4 is 22.6 Å². The van der Waals surface area contributed by atoms with Gasteiger partial charge in [-0.25, -0.2) is 4.39 Å². The molecule has 1 aliphatic heterocycles. The van der Waals surface area contributed by atoms with Gasteiger partial charge in [-0.3, -0.25) is 0 Å². The van der Waals surface area contributed by atoms with Gasteiger partial charge in [-0.1, -0.05) is 6.07 Å². The minimum absolute atomic E-state index is 0.104. The summed E-state index contributed by atoms with van der Waals surface area (Å²) in [6.45, 7) is 1.34. The van der Waals surface area contributed by atoms with E-state index in [4.69, 9.17) is 9.47 Å². The van der Waals surface area contributed by atoms with Crippen LogP contribution >= 0.6 is 22.6 Å². The van der Waals surface area contributed by atoms with Gasteiger partial charge in [-0.2, -0.15) is 0 Å². The SMILES string of the molecule is Fc1cc(CCC2OCCO2)ccc1I. The van der Waals surface area contributed by atoms with Crippen LogP contribution in [0.2, 0.25) is 0 Å². The van der Waals surface area contributed by atoms with E-state index in [-0.39, 0.29) is 12.1 Å². The van der Waals surface area contributed by atoms with Crippen LogP contribution in [0, 0.1) is 9.39 Å². The molecule has 0 saturated carbocycles. The molecule has 2 nitrogen and oxygen atoms in total. The molecule has 1 saturated heterocycles. The average molecular weight is 322 g/mol. The highest BCUT2D eigenvalue weighted by Crippen LogP contribution is 2.16. The number of benzene rings is 1. The van der Waals surface area contributed by atoms with E-state index >= 15 is 0 Å². The van der Waals surface area contributed by atoms with E-state index in [1.54, 1.807) is 12.1 Å². The Labute approximate surface area is 102 Å². The molecule has 1 fully saturated rings. The van der Waals surface area contributed by atoms with E-state index in [1.165, 1.54) is 0 Å². The molecule has 82 valence electrons. The lowest BCUT2D eigenvalue weighted by Gasteiger charge is -2.08. The first-order chi connectivity index (χ1) is 7.25. The molecular formula is C11H12FIO2. The van der Waals surface area contributed by atoms with E-state index in [1.807, 2.05) is 28.7 Å². The second kappa shape index (κ2) is 5.23. The molecule has 1 aromatic carbocycles. The largest absolute Gasteiger partial charge is 0.350 e. The summed E-state index contributed by atoms with van der Waals surface area (Å²) < 4.78 is 24.5. The van der Waals surface area contributed by atoms with Crippen molar-refractivity contribution in [1.82, 2.24) is 0 Å². The minimum atomic E-state index is -0.152. The van der Waals surface area contributed by atoms with Crippen LogP contribution in [0.4, 0.5) is 4.39 Å². The van der Waals surface area contributed by atoms with Crippen LogP contribution in [-0.4, -0.2) is 19.5 Å². The molecular weight excluding hydrogens is 310 g/mol. The van der Waals surface area contributed by atoms with Crippen molar-refractivity contribution in [3.8, 4) is 0 Å². The molecule has 0 bridgehead atoms. The van der Waals surface area contributed by atoms with Crippen molar-refractivity contribution in [2.24, 2.45) is 0 Å². The first-order valence-electron chi connectivity index (χ1n) is 4.93. The lowest BCUT2D eigenvalue weighted by Crippen LogP contribution is -2.08. The fraction of sp³-hybridized carbons (Fsp3) is 0.455. The van der Waals surface area contributed by atoms with Gasteiger partial charge in [0.2, 0.25) is 0 Å². The molecule has 2 rings (SSSR count). The highest BCUT2D eigenvalue weighted by molar-refractivity contribution is 14.1. The van der Waals surface area contributed by atoms with Crippen molar-refractivity contribution in [1.29, 1.82) is 0 Å². The minimum Gasteiger partial charge on any atom is -0.350 e. The van der Waals surface area contributed by atoms with Crippen LogP contribution in [0.15, 0.2) is 18.2 Å². The van der Waals surface area contributed by atoms with Crippen LogP contribution in [0.25, 0.3) is 0 Å². The van der Waals surface area contributed by atoms with Gasteiger partial charge in [0.15, 0.2) is 6.29 Å². The Hall–Kier alpha value is -0.200. The van der Waals surface area contributed by atoms with Gasteiger partial charge in [0, 0.05) is 9.99 Å². The summed E-state index contributed by atoms with van der Waals surface area (Å²) in [6, 6.07) is 5.32. The Bertz CT molecular complexity index is 337. The Morgan fingerprint density at radius 2 is 2.07 bits per heavy atom. The number of halogens is 2. The fourth-order valence-electron chi connectivity index (χ4n) is 1.55. The zero-order valence-electron chi connectivity index (χ0n) is 8.21. The molecule has 0 amide bonds. The van der Waals surface area contributed by atoms with Gasteiger partial charge >= 0.3 is 0 Å². The Morgan fingerprint density at radius 3 is 2.73 bits per heavy atom. The molecule has 15 heavy (non-hydrogen) atoms. The molecule has 0 spiro atoms. The van der Waals surface area contributed by atoms with Crippen molar-refractivity contribution in [3.63, 3.8) is 0 Å². The molecule has 4 heteroatoms. The molecule has 0 atom stereocenters.